The van der Waals surface area contributed by atoms with Crippen LogP contribution in [0.2, 0.25) is 0 Å². The molecule has 2 N–H and O–H groups in total. The number of aliphatic imine (C=N–C) groups is 1. The second-order valence-corrected chi connectivity index (χ2v) is 5.69. The molecule has 0 aromatic heterocycles. The molecule has 5 heteroatoms. The molecule has 1 aliphatic heterocycles. The molecule has 2 aromatic rings. The summed E-state index contributed by atoms with van der Waals surface area (Å²) in [5.41, 5.74) is 4.85. The van der Waals surface area contributed by atoms with Gasteiger partial charge in [-0.15, -0.1) is 24.0 Å². The largest absolute Gasteiger partial charge is 0.497 e. The van der Waals surface area contributed by atoms with Gasteiger partial charge in [0.15, 0.2) is 5.96 Å². The van der Waals surface area contributed by atoms with Crippen LogP contribution < -0.4 is 15.4 Å². The maximum atomic E-state index is 5.43. The van der Waals surface area contributed by atoms with E-state index in [-0.39, 0.29) is 30.0 Å². The van der Waals surface area contributed by atoms with Gasteiger partial charge in [0, 0.05) is 6.54 Å². The van der Waals surface area contributed by atoms with Crippen molar-refractivity contribution in [2.75, 3.05) is 20.2 Å². The first-order chi connectivity index (χ1) is 11.3. The number of hydrogen-bond acceptors (Lipinski definition) is 4. The van der Waals surface area contributed by atoms with Crippen LogP contribution >= 0.6 is 24.0 Å². The third kappa shape index (κ3) is 3.13. The van der Waals surface area contributed by atoms with E-state index in [1.54, 1.807) is 7.11 Å². The Morgan fingerprint density at radius 2 is 1.88 bits per heavy atom. The van der Waals surface area contributed by atoms with E-state index in [0.29, 0.717) is 0 Å². The zero-order valence-corrected chi connectivity index (χ0v) is 15.8. The number of hydrogen-bond donors (Lipinski definition) is 2. The van der Waals surface area contributed by atoms with Crippen LogP contribution in [-0.4, -0.2) is 26.2 Å². The normalized spacial score (nSPS) is 17.5. The highest BCUT2D eigenvalue weighted by Gasteiger charge is 2.23. The van der Waals surface area contributed by atoms with Crippen molar-refractivity contribution in [2.24, 2.45) is 4.99 Å². The Balaban J connectivity index is 0.00000169. The average Bonchev–Trinajstić information content (AvgIpc) is 3.06. The summed E-state index contributed by atoms with van der Waals surface area (Å²) in [6.45, 7) is 1.71. The number of rotatable bonds is 2. The van der Waals surface area contributed by atoms with Crippen LogP contribution in [0.5, 0.6) is 5.75 Å². The third-order valence-electron chi connectivity index (χ3n) is 4.31. The van der Waals surface area contributed by atoms with Crippen molar-refractivity contribution >= 4 is 42.1 Å². The summed E-state index contributed by atoms with van der Waals surface area (Å²) in [6, 6.07) is 14.7. The van der Waals surface area contributed by atoms with Crippen LogP contribution in [0.1, 0.15) is 28.3 Å². The van der Waals surface area contributed by atoms with Crippen molar-refractivity contribution in [3.63, 3.8) is 0 Å². The lowest BCUT2D eigenvalue weighted by molar-refractivity contribution is 0.414. The highest BCUT2D eigenvalue weighted by atomic mass is 127. The number of nitrogens with one attached hydrogen (secondary N) is 2. The Morgan fingerprint density at radius 3 is 2.62 bits per heavy atom. The van der Waals surface area contributed by atoms with Gasteiger partial charge >= 0.3 is 0 Å². The minimum Gasteiger partial charge on any atom is -0.497 e. The molecular formula is C19H20IN3O. The minimum atomic E-state index is 0. The van der Waals surface area contributed by atoms with Gasteiger partial charge in [0.25, 0.3) is 0 Å². The number of halogens is 1. The van der Waals surface area contributed by atoms with E-state index in [2.05, 4.69) is 64.2 Å². The fourth-order valence-electron chi connectivity index (χ4n) is 3.14. The summed E-state index contributed by atoms with van der Waals surface area (Å²) in [6.07, 6.45) is 4.34. The van der Waals surface area contributed by atoms with Gasteiger partial charge in [0.1, 0.15) is 5.75 Å². The summed E-state index contributed by atoms with van der Waals surface area (Å²) in [5, 5.41) is 6.87. The van der Waals surface area contributed by atoms with Crippen molar-refractivity contribution in [2.45, 2.75) is 6.04 Å². The molecule has 0 amide bonds. The van der Waals surface area contributed by atoms with Gasteiger partial charge in [-0.25, -0.2) is 0 Å². The lowest BCUT2D eigenvalue weighted by Gasteiger charge is -2.23. The molecule has 0 radical (unpaired) electrons. The number of guanidine groups is 1. The van der Waals surface area contributed by atoms with Gasteiger partial charge in [-0.1, -0.05) is 42.5 Å². The van der Waals surface area contributed by atoms with Crippen molar-refractivity contribution in [1.82, 2.24) is 10.6 Å². The molecule has 124 valence electrons. The van der Waals surface area contributed by atoms with E-state index < -0.39 is 0 Å². The summed E-state index contributed by atoms with van der Waals surface area (Å²) >= 11 is 0. The van der Waals surface area contributed by atoms with Gasteiger partial charge in [-0.2, -0.15) is 0 Å². The van der Waals surface area contributed by atoms with Gasteiger partial charge in [-0.05, 0) is 34.4 Å². The van der Waals surface area contributed by atoms with Crippen LogP contribution in [0.3, 0.4) is 0 Å². The Hall–Kier alpha value is -2.02. The van der Waals surface area contributed by atoms with Gasteiger partial charge < -0.3 is 15.4 Å². The Morgan fingerprint density at radius 1 is 1.08 bits per heavy atom. The molecule has 0 saturated heterocycles. The SMILES string of the molecule is COc1ccc2c(c1)C(NC1=NCCN1)c1ccccc1C=C2.I. The summed E-state index contributed by atoms with van der Waals surface area (Å²) in [4.78, 5) is 4.49. The molecule has 2 aliphatic rings. The Labute approximate surface area is 159 Å². The van der Waals surface area contributed by atoms with Crippen molar-refractivity contribution in [1.29, 1.82) is 0 Å². The lowest BCUT2D eigenvalue weighted by atomic mass is 9.94. The van der Waals surface area contributed by atoms with Gasteiger partial charge in [-0.3, -0.25) is 4.99 Å². The fourth-order valence-corrected chi connectivity index (χ4v) is 3.14. The molecule has 0 saturated carbocycles. The zero-order valence-electron chi connectivity index (χ0n) is 13.5. The van der Waals surface area contributed by atoms with Gasteiger partial charge in [0.2, 0.25) is 0 Å². The Bertz CT molecular complexity index is 801. The highest BCUT2D eigenvalue weighted by molar-refractivity contribution is 14.0. The molecule has 1 atom stereocenters. The predicted octanol–water partition coefficient (Wildman–Crippen LogP) is 3.44. The van der Waals surface area contributed by atoms with E-state index in [1.807, 2.05) is 6.07 Å². The van der Waals surface area contributed by atoms with Crippen LogP contribution in [0, 0.1) is 0 Å². The van der Waals surface area contributed by atoms with Crippen LogP contribution in [-0.2, 0) is 0 Å². The van der Waals surface area contributed by atoms with E-state index >= 15 is 0 Å². The molecule has 1 heterocycles. The van der Waals surface area contributed by atoms with E-state index in [0.717, 1.165) is 24.8 Å². The summed E-state index contributed by atoms with van der Waals surface area (Å²) < 4.78 is 5.43. The molecule has 4 nitrogen and oxygen atoms in total. The first kappa shape index (κ1) is 16.8. The fraction of sp³-hybridized carbons (Fsp3) is 0.211. The standard InChI is InChI=1S/C19H19N3O.HI/c1-23-15-9-8-14-7-6-13-4-2-3-5-16(13)18(17(14)12-15)22-19-20-10-11-21-19;/h2-9,12,18H,10-11H2,1H3,(H2,20,21,22);1H. The van der Waals surface area contributed by atoms with E-state index in [1.165, 1.54) is 22.3 Å². The molecule has 1 aliphatic carbocycles. The van der Waals surface area contributed by atoms with Crippen molar-refractivity contribution in [3.8, 4) is 5.75 Å². The topological polar surface area (TPSA) is 45.6 Å². The highest BCUT2D eigenvalue weighted by Crippen LogP contribution is 2.34. The second-order valence-electron chi connectivity index (χ2n) is 5.69. The molecule has 24 heavy (non-hydrogen) atoms. The number of fused-ring (bicyclic) bond motifs is 2. The van der Waals surface area contributed by atoms with Crippen molar-refractivity contribution in [3.05, 3.63) is 64.7 Å². The molecule has 0 spiro atoms. The van der Waals surface area contributed by atoms with Crippen LogP contribution in [0.25, 0.3) is 12.2 Å². The number of methoxy groups -OCH3 is 1. The van der Waals surface area contributed by atoms with Crippen LogP contribution in [0.4, 0.5) is 0 Å². The van der Waals surface area contributed by atoms with Crippen LogP contribution in [0.15, 0.2) is 47.5 Å². The maximum Gasteiger partial charge on any atom is 0.192 e. The molecular weight excluding hydrogens is 413 g/mol. The molecule has 2 aromatic carbocycles. The van der Waals surface area contributed by atoms with E-state index in [4.69, 9.17) is 4.74 Å². The molecule has 4 rings (SSSR count). The third-order valence-corrected chi connectivity index (χ3v) is 4.31. The Kier molecular flexibility index (Phi) is 5.08. The monoisotopic (exact) mass is 433 g/mol. The lowest BCUT2D eigenvalue weighted by Crippen LogP contribution is -2.37. The molecule has 0 fully saturated rings. The zero-order chi connectivity index (χ0) is 15.6. The predicted molar refractivity (Wildman–Crippen MR) is 109 cm³/mol. The van der Waals surface area contributed by atoms with Crippen molar-refractivity contribution < 1.29 is 4.74 Å². The number of benzene rings is 2. The number of ether oxygens (including phenoxy) is 1. The first-order valence-corrected chi connectivity index (χ1v) is 7.85. The molecule has 0 bridgehead atoms. The maximum absolute atomic E-state index is 5.43. The first-order valence-electron chi connectivity index (χ1n) is 7.85. The smallest absolute Gasteiger partial charge is 0.192 e. The molecule has 1 unspecified atom stereocenters. The summed E-state index contributed by atoms with van der Waals surface area (Å²) in [5.74, 6) is 1.73. The minimum absolute atomic E-state index is 0. The van der Waals surface area contributed by atoms with Gasteiger partial charge in [0.05, 0.1) is 19.7 Å². The number of nitrogens with zero attached hydrogens (tertiary/aromatic N) is 1. The second kappa shape index (κ2) is 7.25. The van der Waals surface area contributed by atoms with E-state index in [9.17, 15) is 0 Å². The average molecular weight is 433 g/mol. The quantitative estimate of drug-likeness (QED) is 0.714. The summed E-state index contributed by atoms with van der Waals surface area (Å²) in [7, 11) is 1.70.